The van der Waals surface area contributed by atoms with Crippen LogP contribution in [0.15, 0.2) is 24.3 Å². The first-order chi connectivity index (χ1) is 12.1. The van der Waals surface area contributed by atoms with Gasteiger partial charge in [0.15, 0.2) is 0 Å². The largest absolute Gasteiger partial charge is 0.389 e. The molecule has 140 valence electrons. The van der Waals surface area contributed by atoms with Crippen molar-refractivity contribution in [3.05, 3.63) is 35.6 Å². The van der Waals surface area contributed by atoms with E-state index >= 15 is 0 Å². The minimum Gasteiger partial charge on any atom is -0.389 e. The van der Waals surface area contributed by atoms with Crippen molar-refractivity contribution in [2.75, 3.05) is 52.4 Å². The number of hydrogen-bond acceptors (Lipinski definition) is 5. The molecule has 2 N–H and O–H groups in total. The van der Waals surface area contributed by atoms with Gasteiger partial charge in [0, 0.05) is 44.8 Å². The number of ether oxygens (including phenoxy) is 1. The maximum absolute atomic E-state index is 13.5. The van der Waals surface area contributed by atoms with Crippen LogP contribution in [-0.2, 0) is 16.1 Å². The summed E-state index contributed by atoms with van der Waals surface area (Å²) in [6.45, 7) is 7.07. The molecular weight excluding hydrogens is 325 g/mol. The SMILES string of the molecule is CCNC(=O)CN1CCN(CC(O)COCc2ccccc2F)CC1. The van der Waals surface area contributed by atoms with Crippen LogP contribution < -0.4 is 5.32 Å². The van der Waals surface area contributed by atoms with Crippen LogP contribution in [0.5, 0.6) is 0 Å². The van der Waals surface area contributed by atoms with Crippen molar-refractivity contribution in [2.45, 2.75) is 19.6 Å². The molecule has 25 heavy (non-hydrogen) atoms. The fraction of sp³-hybridized carbons (Fsp3) is 0.611. The summed E-state index contributed by atoms with van der Waals surface area (Å²) in [7, 11) is 0. The van der Waals surface area contributed by atoms with Gasteiger partial charge in [-0.2, -0.15) is 0 Å². The van der Waals surface area contributed by atoms with Gasteiger partial charge in [-0.25, -0.2) is 4.39 Å². The van der Waals surface area contributed by atoms with E-state index in [1.54, 1.807) is 18.2 Å². The van der Waals surface area contributed by atoms with E-state index in [1.807, 2.05) is 6.92 Å². The van der Waals surface area contributed by atoms with E-state index in [1.165, 1.54) is 6.07 Å². The third-order valence-corrected chi connectivity index (χ3v) is 4.20. The monoisotopic (exact) mass is 353 g/mol. The fourth-order valence-electron chi connectivity index (χ4n) is 2.86. The molecule has 0 bridgehead atoms. The lowest BCUT2D eigenvalue weighted by Crippen LogP contribution is -2.51. The molecule has 7 heteroatoms. The number of nitrogens with one attached hydrogen (secondary N) is 1. The van der Waals surface area contributed by atoms with Gasteiger partial charge in [0.1, 0.15) is 5.82 Å². The molecule has 1 aromatic carbocycles. The number of hydrogen-bond donors (Lipinski definition) is 2. The summed E-state index contributed by atoms with van der Waals surface area (Å²) in [5.74, 6) is -0.238. The zero-order valence-electron chi connectivity index (χ0n) is 14.8. The van der Waals surface area contributed by atoms with E-state index in [0.29, 0.717) is 25.2 Å². The standard InChI is InChI=1S/C18H28FN3O3/c1-2-20-18(24)12-22-9-7-21(8-10-22)11-16(23)14-25-13-15-5-3-4-6-17(15)19/h3-6,16,23H,2,7-14H2,1H3,(H,20,24). The van der Waals surface area contributed by atoms with Crippen LogP contribution in [0.3, 0.4) is 0 Å². The number of aliphatic hydroxyl groups excluding tert-OH is 1. The van der Waals surface area contributed by atoms with Crippen LogP contribution in [0, 0.1) is 5.82 Å². The molecule has 1 aromatic rings. The molecule has 0 spiro atoms. The molecular formula is C18H28FN3O3. The van der Waals surface area contributed by atoms with Gasteiger partial charge in [0.05, 0.1) is 25.9 Å². The molecule has 1 aliphatic heterocycles. The van der Waals surface area contributed by atoms with Crippen molar-refractivity contribution in [1.82, 2.24) is 15.1 Å². The van der Waals surface area contributed by atoms with Gasteiger partial charge in [-0.15, -0.1) is 0 Å². The minimum atomic E-state index is -0.610. The second-order valence-corrected chi connectivity index (χ2v) is 6.29. The number of amides is 1. The van der Waals surface area contributed by atoms with E-state index in [0.717, 1.165) is 26.2 Å². The predicted octanol–water partition coefficient (Wildman–Crippen LogP) is 0.457. The summed E-state index contributed by atoms with van der Waals surface area (Å²) in [5.41, 5.74) is 0.494. The number of piperazine rings is 1. The highest BCUT2D eigenvalue weighted by molar-refractivity contribution is 5.77. The van der Waals surface area contributed by atoms with Crippen molar-refractivity contribution in [3.8, 4) is 0 Å². The van der Waals surface area contributed by atoms with E-state index in [2.05, 4.69) is 15.1 Å². The third kappa shape index (κ3) is 7.07. The Morgan fingerprint density at radius 2 is 1.96 bits per heavy atom. The molecule has 2 rings (SSSR count). The highest BCUT2D eigenvalue weighted by atomic mass is 19.1. The summed E-state index contributed by atoms with van der Waals surface area (Å²) in [5, 5.41) is 12.9. The number of carbonyl (C=O) groups is 1. The average Bonchev–Trinajstić information content (AvgIpc) is 2.58. The lowest BCUT2D eigenvalue weighted by molar-refractivity contribution is -0.122. The Kier molecular flexibility index (Phi) is 8.27. The molecule has 1 atom stereocenters. The molecule has 1 saturated heterocycles. The topological polar surface area (TPSA) is 65.0 Å². The Morgan fingerprint density at radius 3 is 2.64 bits per heavy atom. The summed E-state index contributed by atoms with van der Waals surface area (Å²) in [6, 6.07) is 6.47. The highest BCUT2D eigenvalue weighted by Gasteiger charge is 2.20. The van der Waals surface area contributed by atoms with Crippen LogP contribution >= 0.6 is 0 Å². The molecule has 1 aliphatic rings. The number of rotatable bonds is 9. The van der Waals surface area contributed by atoms with Crippen LogP contribution in [0.1, 0.15) is 12.5 Å². The first-order valence-corrected chi connectivity index (χ1v) is 8.79. The summed E-state index contributed by atoms with van der Waals surface area (Å²) < 4.78 is 18.9. The summed E-state index contributed by atoms with van der Waals surface area (Å²) in [4.78, 5) is 15.9. The third-order valence-electron chi connectivity index (χ3n) is 4.20. The molecule has 1 unspecified atom stereocenters. The number of β-amino-alcohol motifs (C(OH)–C–C–N with tert-alkyl or cyclic N) is 1. The van der Waals surface area contributed by atoms with E-state index in [-0.39, 0.29) is 24.9 Å². The average molecular weight is 353 g/mol. The van der Waals surface area contributed by atoms with Gasteiger partial charge < -0.3 is 15.2 Å². The second kappa shape index (κ2) is 10.5. The van der Waals surface area contributed by atoms with Crippen molar-refractivity contribution in [3.63, 3.8) is 0 Å². The van der Waals surface area contributed by atoms with Crippen LogP contribution in [0.4, 0.5) is 4.39 Å². The summed E-state index contributed by atoms with van der Waals surface area (Å²) >= 11 is 0. The number of nitrogens with zero attached hydrogens (tertiary/aromatic N) is 2. The van der Waals surface area contributed by atoms with Crippen molar-refractivity contribution in [2.24, 2.45) is 0 Å². The van der Waals surface area contributed by atoms with Gasteiger partial charge in [0.2, 0.25) is 5.91 Å². The minimum absolute atomic E-state index is 0.0533. The highest BCUT2D eigenvalue weighted by Crippen LogP contribution is 2.08. The number of halogens is 1. The predicted molar refractivity (Wildman–Crippen MR) is 93.6 cm³/mol. The zero-order valence-corrected chi connectivity index (χ0v) is 14.8. The Bertz CT molecular complexity index is 536. The summed E-state index contributed by atoms with van der Waals surface area (Å²) in [6.07, 6.45) is -0.610. The quantitative estimate of drug-likeness (QED) is 0.675. The number of benzene rings is 1. The van der Waals surface area contributed by atoms with Crippen molar-refractivity contribution < 1.29 is 19.0 Å². The van der Waals surface area contributed by atoms with Crippen LogP contribution in [0.25, 0.3) is 0 Å². The number of carbonyl (C=O) groups excluding carboxylic acids is 1. The lowest BCUT2D eigenvalue weighted by atomic mass is 10.2. The molecule has 1 fully saturated rings. The van der Waals surface area contributed by atoms with Crippen LogP contribution in [-0.4, -0.2) is 79.3 Å². The van der Waals surface area contributed by atoms with Crippen molar-refractivity contribution >= 4 is 5.91 Å². The molecule has 1 heterocycles. The Balaban J connectivity index is 1.61. The fourth-order valence-corrected chi connectivity index (χ4v) is 2.86. The molecule has 0 aromatic heterocycles. The maximum Gasteiger partial charge on any atom is 0.234 e. The zero-order chi connectivity index (χ0) is 18.1. The van der Waals surface area contributed by atoms with Gasteiger partial charge in [-0.05, 0) is 13.0 Å². The van der Waals surface area contributed by atoms with Gasteiger partial charge >= 0.3 is 0 Å². The maximum atomic E-state index is 13.5. The number of aliphatic hydroxyl groups is 1. The van der Waals surface area contributed by atoms with E-state index in [4.69, 9.17) is 4.74 Å². The molecule has 0 radical (unpaired) electrons. The van der Waals surface area contributed by atoms with Gasteiger partial charge in [0.25, 0.3) is 0 Å². The second-order valence-electron chi connectivity index (χ2n) is 6.29. The Hall–Kier alpha value is -1.54. The normalized spacial score (nSPS) is 17.4. The smallest absolute Gasteiger partial charge is 0.234 e. The van der Waals surface area contributed by atoms with E-state index in [9.17, 15) is 14.3 Å². The van der Waals surface area contributed by atoms with Gasteiger partial charge in [-0.3, -0.25) is 14.6 Å². The molecule has 6 nitrogen and oxygen atoms in total. The van der Waals surface area contributed by atoms with Crippen molar-refractivity contribution in [1.29, 1.82) is 0 Å². The molecule has 1 amide bonds. The first kappa shape index (κ1) is 19.8. The van der Waals surface area contributed by atoms with E-state index < -0.39 is 6.10 Å². The van der Waals surface area contributed by atoms with Gasteiger partial charge in [-0.1, -0.05) is 18.2 Å². The number of likely N-dealkylation sites (N-methyl/N-ethyl adjacent to an activating group) is 1. The Labute approximate surface area is 148 Å². The first-order valence-electron chi connectivity index (χ1n) is 8.79. The molecule has 0 aliphatic carbocycles. The van der Waals surface area contributed by atoms with Crippen LogP contribution in [0.2, 0.25) is 0 Å². The Morgan fingerprint density at radius 1 is 1.28 bits per heavy atom. The lowest BCUT2D eigenvalue weighted by Gasteiger charge is -2.35. The molecule has 0 saturated carbocycles.